The van der Waals surface area contributed by atoms with Crippen molar-refractivity contribution in [2.75, 3.05) is 0 Å². The Morgan fingerprint density at radius 1 is 1.29 bits per heavy atom. The van der Waals surface area contributed by atoms with Crippen LogP contribution in [0, 0.1) is 20.8 Å². The van der Waals surface area contributed by atoms with Crippen molar-refractivity contribution in [1.29, 1.82) is 0 Å². The molecule has 0 radical (unpaired) electrons. The van der Waals surface area contributed by atoms with Crippen molar-refractivity contribution in [3.63, 3.8) is 0 Å². The van der Waals surface area contributed by atoms with E-state index in [1.54, 1.807) is 0 Å². The van der Waals surface area contributed by atoms with Gasteiger partial charge < -0.3 is 0 Å². The molecule has 0 aliphatic carbocycles. The van der Waals surface area contributed by atoms with E-state index in [0.717, 1.165) is 22.6 Å². The molecule has 4 heteroatoms. The molecule has 2 aromatic heterocycles. The fraction of sp³-hybridized carbons (Fsp3) is 0.400. The highest BCUT2D eigenvalue weighted by Crippen LogP contribution is 2.26. The molecule has 0 amide bonds. The predicted octanol–water partition coefficient (Wildman–Crippen LogP) is 1.74. The number of aryl methyl sites for hydroxylation is 4. The minimum atomic E-state index is 1.00. The lowest BCUT2D eigenvalue weighted by Crippen LogP contribution is -1.89. The monoisotopic (exact) mass is 190 g/mol. The fourth-order valence-electron chi connectivity index (χ4n) is 1.75. The Labute approximate surface area is 83.0 Å². The van der Waals surface area contributed by atoms with Crippen molar-refractivity contribution in [3.8, 4) is 11.3 Å². The maximum absolute atomic E-state index is 4.43. The van der Waals surface area contributed by atoms with Crippen LogP contribution in [0.1, 0.15) is 17.0 Å². The average molecular weight is 190 g/mol. The molecule has 1 N–H and O–H groups in total. The topological polar surface area (TPSA) is 46.5 Å². The molecule has 0 bridgehead atoms. The highest BCUT2D eigenvalue weighted by Gasteiger charge is 2.14. The van der Waals surface area contributed by atoms with Gasteiger partial charge in [-0.3, -0.25) is 9.78 Å². The maximum Gasteiger partial charge on any atom is 0.0989 e. The standard InChI is InChI=1S/C10H14N4/c1-6-5-14(4)13-10(6)9-7(2)11-12-8(9)3/h5H,1-4H3,(H,11,12). The third-order valence-electron chi connectivity index (χ3n) is 2.38. The number of aromatic amines is 1. The summed E-state index contributed by atoms with van der Waals surface area (Å²) in [6.45, 7) is 6.07. The molecule has 0 aliphatic rings. The van der Waals surface area contributed by atoms with E-state index in [1.807, 2.05) is 31.8 Å². The minimum absolute atomic E-state index is 1.00. The number of nitrogens with zero attached hydrogens (tertiary/aromatic N) is 3. The van der Waals surface area contributed by atoms with E-state index in [1.165, 1.54) is 5.56 Å². The van der Waals surface area contributed by atoms with E-state index in [4.69, 9.17) is 0 Å². The normalized spacial score (nSPS) is 10.9. The second kappa shape index (κ2) is 2.97. The van der Waals surface area contributed by atoms with Crippen LogP contribution in [0.2, 0.25) is 0 Å². The maximum atomic E-state index is 4.43. The summed E-state index contributed by atoms with van der Waals surface area (Å²) in [4.78, 5) is 0. The van der Waals surface area contributed by atoms with Gasteiger partial charge in [-0.05, 0) is 26.3 Å². The Morgan fingerprint density at radius 3 is 2.43 bits per heavy atom. The van der Waals surface area contributed by atoms with E-state index >= 15 is 0 Å². The number of rotatable bonds is 1. The molecule has 0 unspecified atom stereocenters. The van der Waals surface area contributed by atoms with Crippen molar-refractivity contribution >= 4 is 0 Å². The van der Waals surface area contributed by atoms with Crippen LogP contribution in [0.5, 0.6) is 0 Å². The molecule has 74 valence electrons. The Bertz CT molecular complexity index is 445. The highest BCUT2D eigenvalue weighted by molar-refractivity contribution is 5.67. The van der Waals surface area contributed by atoms with Crippen LogP contribution in [-0.4, -0.2) is 20.0 Å². The molecule has 0 atom stereocenters. The second-order valence-electron chi connectivity index (χ2n) is 3.64. The van der Waals surface area contributed by atoms with E-state index in [0.29, 0.717) is 0 Å². The number of hydrogen-bond donors (Lipinski definition) is 1. The molecular formula is C10H14N4. The van der Waals surface area contributed by atoms with E-state index in [-0.39, 0.29) is 0 Å². The third-order valence-corrected chi connectivity index (χ3v) is 2.38. The molecule has 0 aromatic carbocycles. The Morgan fingerprint density at radius 2 is 2.00 bits per heavy atom. The van der Waals surface area contributed by atoms with Gasteiger partial charge >= 0.3 is 0 Å². The predicted molar refractivity (Wildman–Crippen MR) is 55.0 cm³/mol. The van der Waals surface area contributed by atoms with Crippen molar-refractivity contribution in [3.05, 3.63) is 23.1 Å². The SMILES string of the molecule is Cc1cn(C)nc1-c1c(C)n[nH]c1C. The lowest BCUT2D eigenvalue weighted by Gasteiger charge is -1.97. The summed E-state index contributed by atoms with van der Waals surface area (Å²) in [5.74, 6) is 0. The van der Waals surface area contributed by atoms with Gasteiger partial charge in [-0.2, -0.15) is 10.2 Å². The lowest BCUT2D eigenvalue weighted by molar-refractivity contribution is 0.770. The third kappa shape index (κ3) is 1.23. The van der Waals surface area contributed by atoms with Gasteiger partial charge in [-0.25, -0.2) is 0 Å². The molecular weight excluding hydrogens is 176 g/mol. The largest absolute Gasteiger partial charge is 0.282 e. The first-order chi connectivity index (χ1) is 6.59. The summed E-state index contributed by atoms with van der Waals surface area (Å²) in [5, 5.41) is 11.6. The van der Waals surface area contributed by atoms with Crippen molar-refractivity contribution in [2.45, 2.75) is 20.8 Å². The fourth-order valence-corrected chi connectivity index (χ4v) is 1.75. The molecule has 4 nitrogen and oxygen atoms in total. The summed E-state index contributed by atoms with van der Waals surface area (Å²) in [6, 6.07) is 0. The van der Waals surface area contributed by atoms with Crippen LogP contribution < -0.4 is 0 Å². The summed E-state index contributed by atoms with van der Waals surface area (Å²) in [6.07, 6.45) is 2.02. The lowest BCUT2D eigenvalue weighted by atomic mass is 10.1. The highest BCUT2D eigenvalue weighted by atomic mass is 15.3. The number of hydrogen-bond acceptors (Lipinski definition) is 2. The van der Waals surface area contributed by atoms with Crippen molar-refractivity contribution in [2.24, 2.45) is 7.05 Å². The summed E-state index contributed by atoms with van der Waals surface area (Å²) in [7, 11) is 1.93. The Hall–Kier alpha value is -1.58. The van der Waals surface area contributed by atoms with Gasteiger partial charge in [-0.15, -0.1) is 0 Å². The minimum Gasteiger partial charge on any atom is -0.282 e. The zero-order valence-corrected chi connectivity index (χ0v) is 8.92. The van der Waals surface area contributed by atoms with Gasteiger partial charge in [0.1, 0.15) is 0 Å². The molecule has 0 spiro atoms. The molecule has 14 heavy (non-hydrogen) atoms. The smallest absolute Gasteiger partial charge is 0.0989 e. The Kier molecular flexibility index (Phi) is 1.91. The quantitative estimate of drug-likeness (QED) is 0.744. The van der Waals surface area contributed by atoms with Crippen LogP contribution in [0.15, 0.2) is 6.20 Å². The number of aromatic nitrogens is 4. The summed E-state index contributed by atoms with van der Waals surface area (Å²) < 4.78 is 1.83. The Balaban J connectivity index is 2.65. The van der Waals surface area contributed by atoms with E-state index in [2.05, 4.69) is 22.2 Å². The van der Waals surface area contributed by atoms with Crippen molar-refractivity contribution < 1.29 is 0 Å². The van der Waals surface area contributed by atoms with E-state index < -0.39 is 0 Å². The molecule has 2 aromatic rings. The first kappa shape index (κ1) is 8.99. The molecule has 0 saturated heterocycles. The van der Waals surface area contributed by atoms with Crippen LogP contribution in [0.25, 0.3) is 11.3 Å². The second-order valence-corrected chi connectivity index (χ2v) is 3.64. The van der Waals surface area contributed by atoms with Crippen molar-refractivity contribution in [1.82, 2.24) is 20.0 Å². The van der Waals surface area contributed by atoms with Crippen LogP contribution in [0.4, 0.5) is 0 Å². The average Bonchev–Trinajstić information content (AvgIpc) is 2.57. The zero-order chi connectivity index (χ0) is 10.3. The zero-order valence-electron chi connectivity index (χ0n) is 8.92. The van der Waals surface area contributed by atoms with Gasteiger partial charge in [-0.1, -0.05) is 0 Å². The first-order valence-corrected chi connectivity index (χ1v) is 4.61. The van der Waals surface area contributed by atoms with Crippen LogP contribution >= 0.6 is 0 Å². The van der Waals surface area contributed by atoms with Gasteiger partial charge in [0.25, 0.3) is 0 Å². The van der Waals surface area contributed by atoms with E-state index in [9.17, 15) is 0 Å². The van der Waals surface area contributed by atoms with Gasteiger partial charge in [0, 0.05) is 24.5 Å². The van der Waals surface area contributed by atoms with Crippen LogP contribution in [-0.2, 0) is 7.05 Å². The number of H-pyrrole nitrogens is 1. The summed E-state index contributed by atoms with van der Waals surface area (Å²) in [5.41, 5.74) is 5.41. The molecule has 2 heterocycles. The molecule has 0 aliphatic heterocycles. The molecule has 0 fully saturated rings. The number of nitrogens with one attached hydrogen (secondary N) is 1. The molecule has 2 rings (SSSR count). The van der Waals surface area contributed by atoms with Gasteiger partial charge in [0.15, 0.2) is 0 Å². The van der Waals surface area contributed by atoms with Gasteiger partial charge in [0.05, 0.1) is 11.4 Å². The van der Waals surface area contributed by atoms with Crippen LogP contribution in [0.3, 0.4) is 0 Å². The van der Waals surface area contributed by atoms with Gasteiger partial charge in [0.2, 0.25) is 0 Å². The molecule has 0 saturated carbocycles. The first-order valence-electron chi connectivity index (χ1n) is 4.61. The summed E-state index contributed by atoms with van der Waals surface area (Å²) >= 11 is 0.